The van der Waals surface area contributed by atoms with Crippen molar-refractivity contribution in [2.45, 2.75) is 19.4 Å². The largest absolute Gasteiger partial charge is 0.330 e. The molecule has 4 nitrogen and oxygen atoms in total. The van der Waals surface area contributed by atoms with Gasteiger partial charge in [0.05, 0.1) is 16.6 Å². The van der Waals surface area contributed by atoms with E-state index < -0.39 is 17.0 Å². The van der Waals surface area contributed by atoms with Crippen LogP contribution in [0.3, 0.4) is 0 Å². The molecule has 0 fully saturated rings. The maximum Gasteiger partial charge on any atom is 0.274 e. The van der Waals surface area contributed by atoms with Crippen LogP contribution in [-0.4, -0.2) is 27.0 Å². The van der Waals surface area contributed by atoms with Gasteiger partial charge in [-0.05, 0) is 31.5 Å². The molecule has 8 heteroatoms. The van der Waals surface area contributed by atoms with Gasteiger partial charge in [0.2, 0.25) is 5.13 Å². The van der Waals surface area contributed by atoms with Gasteiger partial charge in [-0.25, -0.2) is 8.91 Å². The van der Waals surface area contributed by atoms with E-state index in [0.717, 1.165) is 16.9 Å². The Morgan fingerprint density at radius 3 is 3.00 bits per heavy atom. The third kappa shape index (κ3) is 2.31. The van der Waals surface area contributed by atoms with Gasteiger partial charge in [0, 0.05) is 23.2 Å². The van der Waals surface area contributed by atoms with E-state index in [1.165, 1.54) is 9.42 Å². The number of nitrogens with zero attached hydrogens (tertiary/aromatic N) is 3. The van der Waals surface area contributed by atoms with Gasteiger partial charge in [-0.2, -0.15) is 9.49 Å². The number of fused-ring (bicyclic) bond motifs is 2. The Balaban J connectivity index is 1.70. The van der Waals surface area contributed by atoms with E-state index >= 15 is 0 Å². The smallest absolute Gasteiger partial charge is 0.274 e. The van der Waals surface area contributed by atoms with Crippen LogP contribution in [0.2, 0.25) is 5.02 Å². The highest BCUT2D eigenvalue weighted by Gasteiger charge is 2.34. The van der Waals surface area contributed by atoms with Crippen molar-refractivity contribution in [1.29, 1.82) is 0 Å². The quantitative estimate of drug-likeness (QED) is 0.649. The molecule has 4 rings (SSSR count). The molecule has 0 N–H and O–H groups in total. The number of hydrogen-bond acceptors (Lipinski definition) is 3. The molecule has 0 radical (unpaired) electrons. The summed E-state index contributed by atoms with van der Waals surface area (Å²) in [7, 11) is 0. The second-order valence-corrected chi connectivity index (χ2v) is 7.19. The molecule has 4 heterocycles. The van der Waals surface area contributed by atoms with Crippen molar-refractivity contribution in [1.82, 2.24) is 14.5 Å². The molecule has 1 atom stereocenters. The third-order valence-corrected chi connectivity index (χ3v) is 5.54. The summed E-state index contributed by atoms with van der Waals surface area (Å²) < 4.78 is 29.1. The lowest BCUT2D eigenvalue weighted by Crippen LogP contribution is -2.38. The molecule has 3 aromatic heterocycles. The molecular formula is C16H12ClF2N3OS. The summed E-state index contributed by atoms with van der Waals surface area (Å²) in [4.78, 5) is 15.0. The first-order valence-corrected chi connectivity index (χ1v) is 8.57. The lowest BCUT2D eigenvalue weighted by Gasteiger charge is -2.33. The van der Waals surface area contributed by atoms with Crippen LogP contribution in [0.5, 0.6) is 0 Å². The van der Waals surface area contributed by atoms with Crippen molar-refractivity contribution in [3.63, 3.8) is 0 Å². The third-order valence-electron chi connectivity index (χ3n) is 4.29. The molecular weight excluding hydrogens is 356 g/mol. The van der Waals surface area contributed by atoms with Crippen LogP contribution in [0.4, 0.5) is 8.78 Å². The molecule has 0 aromatic carbocycles. The Bertz CT molecular complexity index is 968. The van der Waals surface area contributed by atoms with Gasteiger partial charge in [0.1, 0.15) is 0 Å². The Labute approximate surface area is 145 Å². The van der Waals surface area contributed by atoms with Crippen LogP contribution in [0.1, 0.15) is 33.9 Å². The van der Waals surface area contributed by atoms with Crippen molar-refractivity contribution >= 4 is 34.4 Å². The Morgan fingerprint density at radius 1 is 1.42 bits per heavy atom. The Morgan fingerprint density at radius 2 is 2.21 bits per heavy atom. The summed E-state index contributed by atoms with van der Waals surface area (Å²) in [6.07, 6.45) is 2.05. The second-order valence-electron chi connectivity index (χ2n) is 5.70. The van der Waals surface area contributed by atoms with Gasteiger partial charge in [0.25, 0.3) is 5.91 Å². The van der Waals surface area contributed by atoms with Gasteiger partial charge in [-0.1, -0.05) is 11.6 Å². The summed E-state index contributed by atoms with van der Waals surface area (Å²) in [5.41, 5.74) is 1.27. The van der Waals surface area contributed by atoms with Gasteiger partial charge in [-0.15, -0.1) is 11.3 Å². The van der Waals surface area contributed by atoms with E-state index in [1.807, 2.05) is 0 Å². The molecule has 0 spiro atoms. The van der Waals surface area contributed by atoms with E-state index in [4.69, 9.17) is 11.6 Å². The summed E-state index contributed by atoms with van der Waals surface area (Å²) in [6, 6.07) is 4.60. The Hall–Kier alpha value is -1.99. The molecule has 0 saturated heterocycles. The number of thiophene rings is 1. The SMILES string of the molecule is CC1c2c(sc(F)c2F)CCN1C(=O)c1cc2ccc(Cl)cn2n1. The number of carbonyl (C=O) groups is 1. The van der Waals surface area contributed by atoms with Crippen molar-refractivity contribution in [2.75, 3.05) is 6.54 Å². The summed E-state index contributed by atoms with van der Waals surface area (Å²) in [6.45, 7) is 2.11. The van der Waals surface area contributed by atoms with Crippen molar-refractivity contribution in [3.05, 3.63) is 56.5 Å². The number of rotatable bonds is 1. The predicted molar refractivity (Wildman–Crippen MR) is 87.6 cm³/mol. The number of hydrogen-bond donors (Lipinski definition) is 0. The lowest BCUT2D eigenvalue weighted by atomic mass is 10.0. The molecule has 1 aliphatic rings. The van der Waals surface area contributed by atoms with Gasteiger partial charge < -0.3 is 4.90 Å². The normalized spacial score (nSPS) is 17.3. The fourth-order valence-corrected chi connectivity index (χ4v) is 4.24. The van der Waals surface area contributed by atoms with Crippen LogP contribution in [0.25, 0.3) is 5.52 Å². The zero-order valence-electron chi connectivity index (χ0n) is 12.6. The number of carbonyl (C=O) groups excluding carboxylic acids is 1. The maximum absolute atomic E-state index is 14.0. The average Bonchev–Trinajstić information content (AvgIpc) is 3.09. The standard InChI is InChI=1S/C16H12ClF2N3OS/c1-8-13-12(24-15(19)14(13)18)4-5-21(8)16(23)11-6-10-3-2-9(17)7-22(10)20-11/h2-3,6-8H,4-5H2,1H3. The van der Waals surface area contributed by atoms with Crippen molar-refractivity contribution in [3.8, 4) is 0 Å². The number of amides is 1. The zero-order chi connectivity index (χ0) is 17.0. The highest BCUT2D eigenvalue weighted by molar-refractivity contribution is 7.10. The van der Waals surface area contributed by atoms with Crippen molar-refractivity contribution in [2.24, 2.45) is 0 Å². The summed E-state index contributed by atoms with van der Waals surface area (Å²) in [5.74, 6) is -1.15. The van der Waals surface area contributed by atoms with E-state index in [0.29, 0.717) is 22.9 Å². The summed E-state index contributed by atoms with van der Waals surface area (Å²) in [5, 5.41) is 3.94. The molecule has 1 amide bonds. The highest BCUT2D eigenvalue weighted by atomic mass is 35.5. The zero-order valence-corrected chi connectivity index (χ0v) is 14.2. The van der Waals surface area contributed by atoms with Gasteiger partial charge in [0.15, 0.2) is 11.5 Å². The topological polar surface area (TPSA) is 37.6 Å². The van der Waals surface area contributed by atoms with Crippen LogP contribution in [0.15, 0.2) is 24.4 Å². The molecule has 1 aliphatic heterocycles. The lowest BCUT2D eigenvalue weighted by molar-refractivity contribution is 0.0669. The Kier molecular flexibility index (Phi) is 3.58. The van der Waals surface area contributed by atoms with Crippen LogP contribution >= 0.6 is 22.9 Å². The van der Waals surface area contributed by atoms with Crippen molar-refractivity contribution < 1.29 is 13.6 Å². The predicted octanol–water partition coefficient (Wildman–Crippen LogP) is 4.09. The number of aromatic nitrogens is 2. The van der Waals surface area contributed by atoms with Crippen LogP contribution < -0.4 is 0 Å². The molecule has 3 aromatic rings. The van der Waals surface area contributed by atoms with E-state index in [-0.39, 0.29) is 17.2 Å². The number of pyridine rings is 1. The van der Waals surface area contributed by atoms with Crippen LogP contribution in [-0.2, 0) is 6.42 Å². The molecule has 1 unspecified atom stereocenters. The monoisotopic (exact) mass is 367 g/mol. The summed E-state index contributed by atoms with van der Waals surface area (Å²) >= 11 is 6.74. The van der Waals surface area contributed by atoms with E-state index in [2.05, 4.69) is 5.10 Å². The molecule has 0 bridgehead atoms. The van der Waals surface area contributed by atoms with Crippen LogP contribution in [0, 0.1) is 10.9 Å². The highest BCUT2D eigenvalue weighted by Crippen LogP contribution is 2.38. The van der Waals surface area contributed by atoms with Gasteiger partial charge >= 0.3 is 0 Å². The average molecular weight is 368 g/mol. The number of halogens is 3. The second kappa shape index (κ2) is 5.53. The molecule has 124 valence electrons. The maximum atomic E-state index is 14.0. The first-order chi connectivity index (χ1) is 11.5. The molecule has 0 saturated carbocycles. The fourth-order valence-electron chi connectivity index (χ4n) is 3.10. The first kappa shape index (κ1) is 15.5. The van der Waals surface area contributed by atoms with Gasteiger partial charge in [-0.3, -0.25) is 4.79 Å². The van der Waals surface area contributed by atoms with E-state index in [9.17, 15) is 13.6 Å². The minimum absolute atomic E-state index is 0.253. The van der Waals surface area contributed by atoms with E-state index in [1.54, 1.807) is 31.3 Å². The molecule has 24 heavy (non-hydrogen) atoms. The first-order valence-electron chi connectivity index (χ1n) is 7.38. The minimum Gasteiger partial charge on any atom is -0.330 e. The molecule has 0 aliphatic carbocycles. The fraction of sp³-hybridized carbons (Fsp3) is 0.250. The minimum atomic E-state index is -0.846.